The monoisotopic (exact) mass is 185 g/mol. The molecule has 0 spiro atoms. The summed E-state index contributed by atoms with van der Waals surface area (Å²) >= 11 is 0. The lowest BCUT2D eigenvalue weighted by molar-refractivity contribution is 0.729. The molecule has 0 aliphatic rings. The van der Waals surface area contributed by atoms with Crippen LogP contribution in [0.15, 0.2) is 24.3 Å². The molecule has 3 heteroatoms. The van der Waals surface area contributed by atoms with Crippen molar-refractivity contribution in [3.05, 3.63) is 29.8 Å². The molecule has 1 aromatic carbocycles. The van der Waals surface area contributed by atoms with E-state index in [-0.39, 0.29) is 0 Å². The molecule has 3 nitrogen and oxygen atoms in total. The first-order chi connectivity index (χ1) is 6.57. The highest BCUT2D eigenvalue weighted by molar-refractivity contribution is 5.50. The van der Waals surface area contributed by atoms with Gasteiger partial charge in [-0.3, -0.25) is 0 Å². The fourth-order valence-corrected chi connectivity index (χ4v) is 1.02. The van der Waals surface area contributed by atoms with Gasteiger partial charge >= 0.3 is 0 Å². The Balaban J connectivity index is 2.81. The number of hydrogen-bond acceptors (Lipinski definition) is 3. The number of nitriles is 2. The number of hydrogen-bond donors (Lipinski definition) is 1. The third kappa shape index (κ3) is 2.50. The van der Waals surface area contributed by atoms with Crippen LogP contribution in [0.3, 0.4) is 0 Å². The maximum absolute atomic E-state index is 8.79. The number of anilines is 1. The van der Waals surface area contributed by atoms with Crippen molar-refractivity contribution in [3.63, 3.8) is 0 Å². The van der Waals surface area contributed by atoms with Gasteiger partial charge < -0.3 is 5.32 Å². The topological polar surface area (TPSA) is 59.6 Å². The van der Waals surface area contributed by atoms with Crippen molar-refractivity contribution >= 4 is 5.69 Å². The van der Waals surface area contributed by atoms with E-state index in [2.05, 4.69) is 11.4 Å². The second-order valence-electron chi connectivity index (χ2n) is 3.55. The minimum Gasteiger partial charge on any atom is -0.368 e. The Morgan fingerprint density at radius 1 is 1.14 bits per heavy atom. The molecule has 0 aliphatic carbocycles. The number of benzene rings is 1. The molecule has 0 radical (unpaired) electrons. The molecule has 0 atom stereocenters. The zero-order valence-electron chi connectivity index (χ0n) is 8.20. The quantitative estimate of drug-likeness (QED) is 0.768. The van der Waals surface area contributed by atoms with Gasteiger partial charge in [0.2, 0.25) is 0 Å². The molecule has 1 rings (SSSR count). The highest BCUT2D eigenvalue weighted by Gasteiger charge is 2.15. The predicted molar refractivity (Wildman–Crippen MR) is 54.5 cm³/mol. The Morgan fingerprint density at radius 3 is 2.14 bits per heavy atom. The predicted octanol–water partition coefficient (Wildman–Crippen LogP) is 2.27. The molecule has 70 valence electrons. The third-order valence-electron chi connectivity index (χ3n) is 1.75. The van der Waals surface area contributed by atoms with Gasteiger partial charge in [-0.2, -0.15) is 10.5 Å². The van der Waals surface area contributed by atoms with E-state index < -0.39 is 5.54 Å². The summed E-state index contributed by atoms with van der Waals surface area (Å²) in [5.74, 6) is 0. The minimum absolute atomic E-state index is 0.589. The van der Waals surface area contributed by atoms with Crippen LogP contribution in [-0.4, -0.2) is 5.54 Å². The molecule has 0 saturated heterocycles. The second kappa shape index (κ2) is 3.81. The molecular formula is C11H11N3. The fraction of sp³-hybridized carbons (Fsp3) is 0.273. The SMILES string of the molecule is CC(C)(C#N)Nc1ccc(C#N)cc1. The van der Waals surface area contributed by atoms with Crippen LogP contribution in [0.1, 0.15) is 19.4 Å². The Hall–Kier alpha value is -2.00. The smallest absolute Gasteiger partial charge is 0.119 e. The van der Waals surface area contributed by atoms with E-state index in [0.29, 0.717) is 5.56 Å². The zero-order chi connectivity index (χ0) is 10.6. The van der Waals surface area contributed by atoms with Crippen molar-refractivity contribution in [1.29, 1.82) is 10.5 Å². The van der Waals surface area contributed by atoms with Crippen LogP contribution in [0.4, 0.5) is 5.69 Å². The van der Waals surface area contributed by atoms with Crippen LogP contribution in [-0.2, 0) is 0 Å². The average Bonchev–Trinajstić information content (AvgIpc) is 2.19. The molecule has 0 aromatic heterocycles. The summed E-state index contributed by atoms with van der Waals surface area (Å²) in [5.41, 5.74) is 0.870. The number of nitrogens with one attached hydrogen (secondary N) is 1. The maximum atomic E-state index is 8.79. The molecule has 1 N–H and O–H groups in total. The van der Waals surface area contributed by atoms with Gasteiger partial charge in [-0.15, -0.1) is 0 Å². The van der Waals surface area contributed by atoms with Gasteiger partial charge in [-0.1, -0.05) is 0 Å². The summed E-state index contributed by atoms with van der Waals surface area (Å²) in [6, 6.07) is 11.2. The zero-order valence-corrected chi connectivity index (χ0v) is 8.20. The van der Waals surface area contributed by atoms with Gasteiger partial charge in [0.25, 0.3) is 0 Å². The number of rotatable bonds is 2. The maximum Gasteiger partial charge on any atom is 0.119 e. The summed E-state index contributed by atoms with van der Waals surface area (Å²) in [5, 5.41) is 20.4. The van der Waals surface area contributed by atoms with E-state index in [1.165, 1.54) is 0 Å². The first-order valence-electron chi connectivity index (χ1n) is 4.27. The molecule has 0 aliphatic heterocycles. The summed E-state index contributed by atoms with van der Waals surface area (Å²) in [6.07, 6.45) is 0. The summed E-state index contributed by atoms with van der Waals surface area (Å²) in [4.78, 5) is 0. The molecule has 1 aromatic rings. The minimum atomic E-state index is -0.589. The largest absolute Gasteiger partial charge is 0.368 e. The molecule has 0 bridgehead atoms. The van der Waals surface area contributed by atoms with Crippen LogP contribution in [0.5, 0.6) is 0 Å². The van der Waals surface area contributed by atoms with Crippen LogP contribution in [0, 0.1) is 22.7 Å². The van der Waals surface area contributed by atoms with E-state index >= 15 is 0 Å². The summed E-state index contributed by atoms with van der Waals surface area (Å²) < 4.78 is 0. The van der Waals surface area contributed by atoms with Gasteiger partial charge in [0.1, 0.15) is 5.54 Å². The standard InChI is InChI=1S/C11H11N3/c1-11(2,8-13)14-10-5-3-9(7-12)4-6-10/h3-6,14H,1-2H3. The lowest BCUT2D eigenvalue weighted by Crippen LogP contribution is -2.28. The lowest BCUT2D eigenvalue weighted by atomic mass is 10.1. The van der Waals surface area contributed by atoms with Gasteiger partial charge in [0.05, 0.1) is 17.7 Å². The highest BCUT2D eigenvalue weighted by atomic mass is 15.0. The Kier molecular flexibility index (Phi) is 2.74. The molecule has 0 fully saturated rings. The van der Waals surface area contributed by atoms with E-state index in [0.717, 1.165) is 5.69 Å². The molecule has 0 saturated carbocycles. The van der Waals surface area contributed by atoms with Gasteiger partial charge in [-0.05, 0) is 38.1 Å². The molecule has 0 amide bonds. The normalized spacial score (nSPS) is 10.0. The first-order valence-corrected chi connectivity index (χ1v) is 4.27. The third-order valence-corrected chi connectivity index (χ3v) is 1.75. The van der Waals surface area contributed by atoms with Crippen molar-refractivity contribution in [2.45, 2.75) is 19.4 Å². The summed E-state index contributed by atoms with van der Waals surface area (Å²) in [7, 11) is 0. The number of nitrogens with zero attached hydrogens (tertiary/aromatic N) is 2. The van der Waals surface area contributed by atoms with E-state index in [1.807, 2.05) is 6.07 Å². The van der Waals surface area contributed by atoms with Crippen molar-refractivity contribution in [1.82, 2.24) is 0 Å². The Labute approximate surface area is 83.6 Å². The second-order valence-corrected chi connectivity index (χ2v) is 3.55. The Bertz CT molecular complexity index is 390. The lowest BCUT2D eigenvalue weighted by Gasteiger charge is -2.18. The fourth-order valence-electron chi connectivity index (χ4n) is 1.02. The van der Waals surface area contributed by atoms with Gasteiger partial charge in [0.15, 0.2) is 0 Å². The van der Waals surface area contributed by atoms with Gasteiger partial charge in [-0.25, -0.2) is 0 Å². The van der Waals surface area contributed by atoms with Crippen LogP contribution < -0.4 is 5.32 Å². The van der Waals surface area contributed by atoms with Crippen molar-refractivity contribution in [2.24, 2.45) is 0 Å². The first kappa shape index (κ1) is 10.1. The highest BCUT2D eigenvalue weighted by Crippen LogP contribution is 2.14. The van der Waals surface area contributed by atoms with Crippen LogP contribution in [0.2, 0.25) is 0 Å². The van der Waals surface area contributed by atoms with E-state index in [9.17, 15) is 0 Å². The molecular weight excluding hydrogens is 174 g/mol. The van der Waals surface area contributed by atoms with Crippen LogP contribution >= 0.6 is 0 Å². The van der Waals surface area contributed by atoms with Crippen molar-refractivity contribution in [3.8, 4) is 12.1 Å². The molecule has 0 heterocycles. The van der Waals surface area contributed by atoms with Gasteiger partial charge in [0, 0.05) is 5.69 Å². The molecule has 0 unspecified atom stereocenters. The van der Waals surface area contributed by atoms with Crippen molar-refractivity contribution < 1.29 is 0 Å². The van der Waals surface area contributed by atoms with E-state index in [1.54, 1.807) is 38.1 Å². The van der Waals surface area contributed by atoms with Crippen LogP contribution in [0.25, 0.3) is 0 Å². The van der Waals surface area contributed by atoms with Crippen molar-refractivity contribution in [2.75, 3.05) is 5.32 Å². The Morgan fingerprint density at radius 2 is 1.71 bits per heavy atom. The molecule has 14 heavy (non-hydrogen) atoms. The average molecular weight is 185 g/mol. The summed E-state index contributed by atoms with van der Waals surface area (Å²) in [6.45, 7) is 3.59. The van der Waals surface area contributed by atoms with E-state index in [4.69, 9.17) is 10.5 Å².